The van der Waals surface area contributed by atoms with Crippen LogP contribution in [0.1, 0.15) is 30.4 Å². The summed E-state index contributed by atoms with van der Waals surface area (Å²) >= 11 is 0. The molecule has 2 atom stereocenters. The zero-order valence-electron chi connectivity index (χ0n) is 19.9. The van der Waals surface area contributed by atoms with E-state index in [0.29, 0.717) is 39.1 Å². The van der Waals surface area contributed by atoms with Gasteiger partial charge < -0.3 is 9.47 Å². The van der Waals surface area contributed by atoms with Gasteiger partial charge in [0.15, 0.2) is 0 Å². The topological polar surface area (TPSA) is 87.0 Å². The largest absolute Gasteiger partial charge is 0.474 e. The van der Waals surface area contributed by atoms with E-state index in [9.17, 15) is 4.57 Å². The predicted molar refractivity (Wildman–Crippen MR) is 131 cm³/mol. The average Bonchev–Trinajstić information content (AvgIpc) is 2.88. The van der Waals surface area contributed by atoms with Crippen molar-refractivity contribution in [2.24, 2.45) is 5.92 Å². The summed E-state index contributed by atoms with van der Waals surface area (Å²) in [5.74, 6) is -0.178. The van der Waals surface area contributed by atoms with Crippen LogP contribution in [0.2, 0.25) is 0 Å². The van der Waals surface area contributed by atoms with Crippen molar-refractivity contribution in [3.63, 3.8) is 0 Å². The third-order valence-corrected chi connectivity index (χ3v) is 6.54. The first kappa shape index (κ1) is 27.9. The van der Waals surface area contributed by atoms with Crippen LogP contribution in [0.25, 0.3) is 0 Å². The van der Waals surface area contributed by atoms with E-state index in [1.807, 2.05) is 72.8 Å². The Morgan fingerprint density at radius 3 is 2.09 bits per heavy atom. The number of rotatable bonds is 17. The maximum Gasteiger partial charge on any atom is 0.474 e. The Kier molecular flexibility index (Phi) is 13.4. The molecule has 0 saturated carbocycles. The summed E-state index contributed by atoms with van der Waals surface area (Å²) in [4.78, 5) is 0. The van der Waals surface area contributed by atoms with Crippen molar-refractivity contribution in [2.45, 2.75) is 38.6 Å². The zero-order valence-corrected chi connectivity index (χ0v) is 20.8. The highest BCUT2D eigenvalue weighted by Crippen LogP contribution is 2.50. The van der Waals surface area contributed by atoms with Crippen molar-refractivity contribution < 1.29 is 27.6 Å². The van der Waals surface area contributed by atoms with Crippen molar-refractivity contribution in [2.75, 3.05) is 27.4 Å². The van der Waals surface area contributed by atoms with Gasteiger partial charge in [-0.25, -0.2) is 4.57 Å². The third-order valence-electron chi connectivity index (χ3n) is 5.12. The first-order valence-corrected chi connectivity index (χ1v) is 12.7. The summed E-state index contributed by atoms with van der Waals surface area (Å²) in [6.45, 7) is 1.48. The minimum absolute atomic E-state index is 0.178. The standard InChI is InChI=1S/C26H34NO6P/c1-29-34(28,30-2)33-26(22-32-21-24-14-7-4-8-15-24)25(16-9-10-18-27)17-11-19-31-20-23-12-5-3-6-13-23/h3-8,11-15,17,25-26H,9-10,16,19-22H2,1-2H3/b17-11+/t25-,26-/m1/s1. The Bertz CT molecular complexity index is 908. The maximum atomic E-state index is 12.7. The number of nitrogens with zero attached hydrogens (tertiary/aromatic N) is 1. The molecule has 0 spiro atoms. The van der Waals surface area contributed by atoms with Crippen LogP contribution in [-0.4, -0.2) is 33.5 Å². The summed E-state index contributed by atoms with van der Waals surface area (Å²) < 4.78 is 40.2. The van der Waals surface area contributed by atoms with Gasteiger partial charge in [0.05, 0.1) is 38.6 Å². The van der Waals surface area contributed by atoms with E-state index in [4.69, 9.17) is 28.3 Å². The molecule has 7 nitrogen and oxygen atoms in total. The number of phosphoric ester groups is 1. The Labute approximate surface area is 202 Å². The predicted octanol–water partition coefficient (Wildman–Crippen LogP) is 6.07. The third kappa shape index (κ3) is 10.8. The molecule has 0 radical (unpaired) electrons. The summed E-state index contributed by atoms with van der Waals surface area (Å²) in [5.41, 5.74) is 2.12. The van der Waals surface area contributed by atoms with Crippen molar-refractivity contribution in [1.29, 1.82) is 5.26 Å². The number of unbranched alkanes of at least 4 members (excludes halogenated alkanes) is 1. The molecule has 0 amide bonds. The minimum Gasteiger partial charge on any atom is -0.374 e. The Balaban J connectivity index is 2.05. The molecule has 0 aliphatic carbocycles. The minimum atomic E-state index is -3.74. The van der Waals surface area contributed by atoms with Gasteiger partial charge in [-0.1, -0.05) is 72.8 Å². The second kappa shape index (κ2) is 16.3. The van der Waals surface area contributed by atoms with Gasteiger partial charge in [-0.3, -0.25) is 13.6 Å². The van der Waals surface area contributed by atoms with Crippen LogP contribution in [0, 0.1) is 17.2 Å². The molecule has 0 unspecified atom stereocenters. The molecule has 2 aromatic rings. The lowest BCUT2D eigenvalue weighted by Gasteiger charge is -2.27. The van der Waals surface area contributed by atoms with Crippen LogP contribution in [0.4, 0.5) is 0 Å². The fourth-order valence-electron chi connectivity index (χ4n) is 3.30. The van der Waals surface area contributed by atoms with Crippen molar-refractivity contribution >= 4 is 7.82 Å². The first-order valence-electron chi connectivity index (χ1n) is 11.3. The zero-order chi connectivity index (χ0) is 24.5. The van der Waals surface area contributed by atoms with Crippen molar-refractivity contribution in [1.82, 2.24) is 0 Å². The van der Waals surface area contributed by atoms with Gasteiger partial charge in [0.25, 0.3) is 0 Å². The highest BCUT2D eigenvalue weighted by molar-refractivity contribution is 7.48. The van der Waals surface area contributed by atoms with Gasteiger partial charge in [0.1, 0.15) is 0 Å². The van der Waals surface area contributed by atoms with E-state index in [-0.39, 0.29) is 12.5 Å². The lowest BCUT2D eigenvalue weighted by molar-refractivity contribution is -0.000843. The Morgan fingerprint density at radius 2 is 1.53 bits per heavy atom. The van der Waals surface area contributed by atoms with Crippen LogP contribution in [0.5, 0.6) is 0 Å². The molecule has 2 aromatic carbocycles. The molecule has 0 aliphatic rings. The van der Waals surface area contributed by atoms with Crippen LogP contribution >= 0.6 is 7.82 Å². The fraction of sp³-hybridized carbons (Fsp3) is 0.423. The first-order chi connectivity index (χ1) is 16.6. The molecule has 34 heavy (non-hydrogen) atoms. The van der Waals surface area contributed by atoms with Crippen LogP contribution in [-0.2, 0) is 40.8 Å². The van der Waals surface area contributed by atoms with E-state index >= 15 is 0 Å². The highest BCUT2D eigenvalue weighted by atomic mass is 31.2. The number of hydrogen-bond donors (Lipinski definition) is 0. The smallest absolute Gasteiger partial charge is 0.374 e. The van der Waals surface area contributed by atoms with Crippen molar-refractivity contribution in [3.05, 3.63) is 83.9 Å². The van der Waals surface area contributed by atoms with E-state index in [1.54, 1.807) is 0 Å². The molecule has 0 fully saturated rings. The number of nitriles is 1. The van der Waals surface area contributed by atoms with E-state index in [2.05, 4.69) is 6.07 Å². The van der Waals surface area contributed by atoms with Gasteiger partial charge in [-0.05, 0) is 24.0 Å². The quantitative estimate of drug-likeness (QED) is 0.152. The summed E-state index contributed by atoms with van der Waals surface area (Å²) in [6.07, 6.45) is 5.01. The maximum absolute atomic E-state index is 12.7. The lowest BCUT2D eigenvalue weighted by Crippen LogP contribution is -2.28. The number of benzene rings is 2. The number of ether oxygens (including phenoxy) is 2. The second-order valence-electron chi connectivity index (χ2n) is 7.60. The SMILES string of the molecule is COP(=O)(OC)O[C@H](COCc1ccccc1)[C@@H](/C=C/COCc1ccccc1)CCCC#N. The molecule has 0 heterocycles. The molecule has 8 heteroatoms. The van der Waals surface area contributed by atoms with Gasteiger partial charge in [-0.2, -0.15) is 5.26 Å². The van der Waals surface area contributed by atoms with Crippen LogP contribution < -0.4 is 0 Å². The van der Waals surface area contributed by atoms with Crippen LogP contribution in [0.15, 0.2) is 72.8 Å². The van der Waals surface area contributed by atoms with Crippen molar-refractivity contribution in [3.8, 4) is 6.07 Å². The summed E-state index contributed by atoms with van der Waals surface area (Å²) in [6, 6.07) is 21.9. The van der Waals surface area contributed by atoms with Gasteiger partial charge in [-0.15, -0.1) is 0 Å². The van der Waals surface area contributed by atoms with E-state index in [0.717, 1.165) is 11.1 Å². The molecular formula is C26H34NO6P. The normalized spacial score (nSPS) is 13.6. The van der Waals surface area contributed by atoms with E-state index < -0.39 is 13.9 Å². The van der Waals surface area contributed by atoms with Gasteiger partial charge in [0.2, 0.25) is 0 Å². The van der Waals surface area contributed by atoms with Crippen LogP contribution in [0.3, 0.4) is 0 Å². The molecule has 2 rings (SSSR count). The molecule has 184 valence electrons. The molecule has 0 aliphatic heterocycles. The van der Waals surface area contributed by atoms with Gasteiger partial charge in [0, 0.05) is 26.6 Å². The molecule has 0 aromatic heterocycles. The van der Waals surface area contributed by atoms with Gasteiger partial charge >= 0.3 is 7.82 Å². The number of phosphoric acid groups is 1. The molecule has 0 saturated heterocycles. The summed E-state index contributed by atoms with van der Waals surface area (Å²) in [5, 5.41) is 8.97. The molecule has 0 bridgehead atoms. The monoisotopic (exact) mass is 487 g/mol. The lowest BCUT2D eigenvalue weighted by atomic mass is 9.95. The average molecular weight is 488 g/mol. The molecular weight excluding hydrogens is 453 g/mol. The highest BCUT2D eigenvalue weighted by Gasteiger charge is 2.32. The number of hydrogen-bond acceptors (Lipinski definition) is 7. The molecule has 0 N–H and O–H groups in total. The second-order valence-corrected chi connectivity index (χ2v) is 9.44. The summed E-state index contributed by atoms with van der Waals surface area (Å²) in [7, 11) is -1.17. The fourth-order valence-corrected chi connectivity index (χ4v) is 4.17. The Hall–Kier alpha value is -2.30. The van der Waals surface area contributed by atoms with E-state index in [1.165, 1.54) is 14.2 Å². The Morgan fingerprint density at radius 1 is 0.941 bits per heavy atom.